The Labute approximate surface area is 94.3 Å². The van der Waals surface area contributed by atoms with Crippen LogP contribution in [0.3, 0.4) is 0 Å². The number of ether oxygens (including phenoxy) is 1. The highest BCUT2D eigenvalue weighted by atomic mass is 16.5. The molecule has 0 amide bonds. The van der Waals surface area contributed by atoms with Gasteiger partial charge in [-0.2, -0.15) is 0 Å². The molecule has 0 saturated heterocycles. The zero-order chi connectivity index (χ0) is 13.6. The summed E-state index contributed by atoms with van der Waals surface area (Å²) in [5.74, 6) is -1.65. The van der Waals surface area contributed by atoms with Crippen LogP contribution in [0, 0.1) is 0 Å². The van der Waals surface area contributed by atoms with E-state index in [2.05, 4.69) is 4.74 Å². The van der Waals surface area contributed by atoms with Crippen LogP contribution < -0.4 is 0 Å². The summed E-state index contributed by atoms with van der Waals surface area (Å²) in [6.45, 7) is 2.77. The fourth-order valence-corrected chi connectivity index (χ4v) is 0.189. The average Bonchev–Trinajstić information content (AvgIpc) is 2.14. The predicted octanol–water partition coefficient (Wildman–Crippen LogP) is -0.442. The molecular weight excluding hydrogens is 220 g/mol. The van der Waals surface area contributed by atoms with Crippen LogP contribution in [0.2, 0.25) is 0 Å². The molecule has 0 bridgehead atoms. The smallest absolute Gasteiger partial charge is 0.305 e. The molecule has 7 nitrogen and oxygen atoms in total. The first kappa shape index (κ1) is 20.3. The van der Waals surface area contributed by atoms with Crippen LogP contribution >= 0.6 is 0 Å². The van der Waals surface area contributed by atoms with Gasteiger partial charge in [-0.15, -0.1) is 0 Å². The van der Waals surface area contributed by atoms with Gasteiger partial charge in [-0.1, -0.05) is 0 Å². The van der Waals surface area contributed by atoms with E-state index in [1.807, 2.05) is 0 Å². The van der Waals surface area contributed by atoms with Crippen LogP contribution in [0.15, 0.2) is 0 Å². The van der Waals surface area contributed by atoms with Crippen LogP contribution in [-0.2, 0) is 14.3 Å². The van der Waals surface area contributed by atoms with Gasteiger partial charge >= 0.3 is 5.97 Å². The van der Waals surface area contributed by atoms with Gasteiger partial charge in [-0.25, -0.2) is 0 Å². The summed E-state index contributed by atoms with van der Waals surface area (Å²) in [6, 6.07) is 0. The second-order valence-corrected chi connectivity index (χ2v) is 2.69. The van der Waals surface area contributed by atoms with E-state index >= 15 is 0 Å². The monoisotopic (exact) mass is 240 g/mol. The quantitative estimate of drug-likeness (QED) is 0.525. The van der Waals surface area contributed by atoms with E-state index in [0.717, 1.165) is 6.92 Å². The number of hydrogen-bond acceptors (Lipinski definition) is 5. The Kier molecular flexibility index (Phi) is 20.6. The van der Waals surface area contributed by atoms with Crippen molar-refractivity contribution in [1.29, 1.82) is 0 Å². The van der Waals surface area contributed by atoms with Gasteiger partial charge in [0.25, 0.3) is 5.97 Å². The summed E-state index contributed by atoms with van der Waals surface area (Å²) >= 11 is 0. The Morgan fingerprint density at radius 2 is 1.62 bits per heavy atom. The highest BCUT2D eigenvalue weighted by Crippen LogP contribution is 1.76. The van der Waals surface area contributed by atoms with Gasteiger partial charge in [0.1, 0.15) is 0 Å². The number of hydrogen-bond donors (Lipinski definition) is 4. The van der Waals surface area contributed by atoms with E-state index in [0.29, 0.717) is 6.61 Å². The SMILES string of the molecule is CC(=O)O.CC(O)CO.COCCC(=O)O. The molecule has 0 rings (SSSR count). The second-order valence-electron chi connectivity index (χ2n) is 2.69. The number of methoxy groups -OCH3 is 1. The molecule has 0 fully saturated rings. The van der Waals surface area contributed by atoms with E-state index in [9.17, 15) is 4.79 Å². The molecule has 1 atom stereocenters. The minimum Gasteiger partial charge on any atom is -0.481 e. The molecule has 0 aromatic carbocycles. The molecular formula is C9H20O7. The van der Waals surface area contributed by atoms with E-state index in [-0.39, 0.29) is 13.0 Å². The van der Waals surface area contributed by atoms with Crippen molar-refractivity contribution in [3.05, 3.63) is 0 Å². The molecule has 7 heteroatoms. The Morgan fingerprint density at radius 1 is 1.31 bits per heavy atom. The molecule has 0 aliphatic rings. The van der Waals surface area contributed by atoms with E-state index in [4.69, 9.17) is 25.2 Å². The Bertz CT molecular complexity index is 163. The van der Waals surface area contributed by atoms with E-state index in [1.54, 1.807) is 0 Å². The summed E-state index contributed by atoms with van der Waals surface area (Å²) in [6.07, 6.45) is -0.466. The van der Waals surface area contributed by atoms with Crippen molar-refractivity contribution in [1.82, 2.24) is 0 Å². The average molecular weight is 240 g/mol. The maximum atomic E-state index is 9.68. The molecule has 0 aliphatic heterocycles. The van der Waals surface area contributed by atoms with Crippen molar-refractivity contribution in [2.24, 2.45) is 0 Å². The molecule has 4 N–H and O–H groups in total. The summed E-state index contributed by atoms with van der Waals surface area (Å²) in [4.78, 5) is 18.7. The summed E-state index contributed by atoms with van der Waals surface area (Å²) < 4.78 is 4.47. The first-order valence-electron chi connectivity index (χ1n) is 4.47. The highest BCUT2D eigenvalue weighted by molar-refractivity contribution is 5.66. The lowest BCUT2D eigenvalue weighted by Crippen LogP contribution is -2.03. The normalized spacial score (nSPS) is 10.1. The molecule has 0 saturated carbocycles. The van der Waals surface area contributed by atoms with Crippen molar-refractivity contribution < 1.29 is 34.8 Å². The van der Waals surface area contributed by atoms with Crippen molar-refractivity contribution >= 4 is 11.9 Å². The predicted molar refractivity (Wildman–Crippen MR) is 56.2 cm³/mol. The van der Waals surface area contributed by atoms with Gasteiger partial charge < -0.3 is 25.2 Å². The van der Waals surface area contributed by atoms with Gasteiger partial charge in [0, 0.05) is 14.0 Å². The molecule has 0 aromatic rings. The number of rotatable bonds is 4. The number of carbonyl (C=O) groups is 2. The van der Waals surface area contributed by atoms with Crippen LogP contribution in [0.1, 0.15) is 20.3 Å². The lowest BCUT2D eigenvalue weighted by atomic mass is 10.5. The number of aliphatic carboxylic acids is 2. The molecule has 0 heterocycles. The fourth-order valence-electron chi connectivity index (χ4n) is 0.189. The third-order valence-electron chi connectivity index (χ3n) is 0.784. The summed E-state index contributed by atoms with van der Waals surface area (Å²) in [5.41, 5.74) is 0. The van der Waals surface area contributed by atoms with Crippen LogP contribution in [0.5, 0.6) is 0 Å². The molecule has 0 aromatic heterocycles. The third-order valence-corrected chi connectivity index (χ3v) is 0.784. The van der Waals surface area contributed by atoms with Crippen LogP contribution in [-0.4, -0.2) is 58.8 Å². The number of carboxylic acid groups (broad SMARTS) is 2. The zero-order valence-corrected chi connectivity index (χ0v) is 9.71. The third kappa shape index (κ3) is 77.1. The van der Waals surface area contributed by atoms with Gasteiger partial charge in [0.15, 0.2) is 0 Å². The van der Waals surface area contributed by atoms with Crippen molar-refractivity contribution in [3.63, 3.8) is 0 Å². The largest absolute Gasteiger partial charge is 0.481 e. The zero-order valence-electron chi connectivity index (χ0n) is 9.71. The van der Waals surface area contributed by atoms with Crippen molar-refractivity contribution in [3.8, 4) is 0 Å². The van der Waals surface area contributed by atoms with Crippen molar-refractivity contribution in [2.75, 3.05) is 20.3 Å². The van der Waals surface area contributed by atoms with Gasteiger partial charge in [-0.05, 0) is 6.92 Å². The molecule has 98 valence electrons. The minimum absolute atomic E-state index is 0.0938. The van der Waals surface area contributed by atoms with Gasteiger partial charge in [0.05, 0.1) is 25.7 Å². The Balaban J connectivity index is -0.000000166. The summed E-state index contributed by atoms with van der Waals surface area (Å²) in [5, 5.41) is 31.4. The first-order valence-corrected chi connectivity index (χ1v) is 4.47. The molecule has 0 aliphatic carbocycles. The lowest BCUT2D eigenvalue weighted by Gasteiger charge is -1.90. The summed E-state index contributed by atoms with van der Waals surface area (Å²) in [7, 11) is 1.48. The molecule has 1 unspecified atom stereocenters. The van der Waals surface area contributed by atoms with Gasteiger partial charge in [0.2, 0.25) is 0 Å². The standard InChI is InChI=1S/C4H8O3.C3H8O2.C2H4O2/c1-7-3-2-4(5)6;1-3(5)2-4;1-2(3)4/h2-3H2,1H3,(H,5,6);3-5H,2H2,1H3;1H3,(H,3,4). The Hall–Kier alpha value is -1.18. The van der Waals surface area contributed by atoms with Crippen LogP contribution in [0.25, 0.3) is 0 Å². The second kappa shape index (κ2) is 16.3. The minimum atomic E-state index is -0.833. The topological polar surface area (TPSA) is 124 Å². The van der Waals surface area contributed by atoms with E-state index in [1.165, 1.54) is 14.0 Å². The van der Waals surface area contributed by atoms with Crippen molar-refractivity contribution in [2.45, 2.75) is 26.4 Å². The first-order chi connectivity index (χ1) is 7.27. The molecule has 0 spiro atoms. The Morgan fingerprint density at radius 3 is 1.69 bits per heavy atom. The highest BCUT2D eigenvalue weighted by Gasteiger charge is 1.91. The fraction of sp³-hybridized carbons (Fsp3) is 0.778. The van der Waals surface area contributed by atoms with Gasteiger partial charge in [-0.3, -0.25) is 9.59 Å². The maximum Gasteiger partial charge on any atom is 0.305 e. The number of aliphatic hydroxyl groups excluding tert-OH is 2. The lowest BCUT2D eigenvalue weighted by molar-refractivity contribution is -0.138. The van der Waals surface area contributed by atoms with Crippen LogP contribution in [0.4, 0.5) is 0 Å². The maximum absolute atomic E-state index is 9.68. The van der Waals surface area contributed by atoms with E-state index < -0.39 is 18.0 Å². The molecule has 16 heavy (non-hydrogen) atoms. The molecule has 0 radical (unpaired) electrons. The number of aliphatic hydroxyl groups is 2. The number of carboxylic acids is 2.